The summed E-state index contributed by atoms with van der Waals surface area (Å²) in [5, 5.41) is 0. The Kier molecular flexibility index (Phi) is 5.83. The van der Waals surface area contributed by atoms with Gasteiger partial charge in [-0.1, -0.05) is 19.9 Å². The van der Waals surface area contributed by atoms with E-state index in [9.17, 15) is 8.42 Å². The number of aryl methyl sites for hydroxylation is 1. The highest BCUT2D eigenvalue weighted by molar-refractivity contribution is 7.89. The van der Waals surface area contributed by atoms with Gasteiger partial charge in [-0.3, -0.25) is 0 Å². The van der Waals surface area contributed by atoms with E-state index >= 15 is 0 Å². The molecule has 0 aliphatic heterocycles. The van der Waals surface area contributed by atoms with Crippen LogP contribution >= 0.6 is 11.6 Å². The van der Waals surface area contributed by atoms with Gasteiger partial charge in [0.05, 0.1) is 4.90 Å². The molecule has 0 radical (unpaired) electrons. The third kappa shape index (κ3) is 3.50. The van der Waals surface area contributed by atoms with Crippen LogP contribution in [0, 0.1) is 13.8 Å². The minimum absolute atomic E-state index is 0.323. The molecule has 108 valence electrons. The molecule has 1 aromatic rings. The molecule has 0 aromatic heterocycles. The van der Waals surface area contributed by atoms with Crippen molar-refractivity contribution in [3.05, 3.63) is 28.8 Å². The van der Waals surface area contributed by atoms with Gasteiger partial charge in [0.2, 0.25) is 10.0 Å². The van der Waals surface area contributed by atoms with Crippen molar-refractivity contribution in [1.82, 2.24) is 4.31 Å². The summed E-state index contributed by atoms with van der Waals surface area (Å²) in [6, 6.07) is 3.64. The quantitative estimate of drug-likeness (QED) is 0.755. The van der Waals surface area contributed by atoms with E-state index in [0.717, 1.165) is 23.1 Å². The Morgan fingerprint density at radius 2 is 1.84 bits per heavy atom. The smallest absolute Gasteiger partial charge is 0.207 e. The van der Waals surface area contributed by atoms with Crippen LogP contribution in [0.15, 0.2) is 17.0 Å². The van der Waals surface area contributed by atoms with Crippen LogP contribution in [0.25, 0.3) is 0 Å². The van der Waals surface area contributed by atoms with Gasteiger partial charge in [0.1, 0.15) is 0 Å². The van der Waals surface area contributed by atoms with E-state index in [2.05, 4.69) is 0 Å². The van der Waals surface area contributed by atoms with Gasteiger partial charge in [0.15, 0.2) is 0 Å². The SMILES string of the molecule is CCCN(CC)S(=O)(=O)c1cc(CCl)cc(C)c1C. The largest absolute Gasteiger partial charge is 0.243 e. The second-order valence-corrected chi connectivity index (χ2v) is 6.84. The van der Waals surface area contributed by atoms with Crippen LogP contribution in [0.4, 0.5) is 0 Å². The zero-order valence-electron chi connectivity index (χ0n) is 12.0. The van der Waals surface area contributed by atoms with Crippen molar-refractivity contribution in [2.24, 2.45) is 0 Å². The van der Waals surface area contributed by atoms with E-state index in [4.69, 9.17) is 11.6 Å². The molecule has 1 rings (SSSR count). The molecule has 5 heteroatoms. The topological polar surface area (TPSA) is 37.4 Å². The van der Waals surface area contributed by atoms with Crippen molar-refractivity contribution in [1.29, 1.82) is 0 Å². The number of nitrogens with zero attached hydrogens (tertiary/aromatic N) is 1. The Morgan fingerprint density at radius 3 is 2.32 bits per heavy atom. The molecule has 0 spiro atoms. The molecule has 19 heavy (non-hydrogen) atoms. The monoisotopic (exact) mass is 303 g/mol. The molecule has 0 N–H and O–H groups in total. The molecule has 0 aliphatic rings. The van der Waals surface area contributed by atoms with Gasteiger partial charge < -0.3 is 0 Å². The van der Waals surface area contributed by atoms with Crippen LogP contribution in [0.2, 0.25) is 0 Å². The first kappa shape index (κ1) is 16.5. The van der Waals surface area contributed by atoms with E-state index < -0.39 is 10.0 Å². The number of rotatable bonds is 6. The van der Waals surface area contributed by atoms with Crippen molar-refractivity contribution in [3.8, 4) is 0 Å². The standard InChI is InChI=1S/C14H22ClNO2S/c1-5-7-16(6-2)19(17,18)14-9-13(10-15)8-11(3)12(14)4/h8-9H,5-7,10H2,1-4H3. The van der Waals surface area contributed by atoms with Gasteiger partial charge in [-0.05, 0) is 43.0 Å². The van der Waals surface area contributed by atoms with Gasteiger partial charge in [-0.25, -0.2) is 8.42 Å². The van der Waals surface area contributed by atoms with E-state index in [1.165, 1.54) is 4.31 Å². The molecule has 0 fully saturated rings. The fourth-order valence-corrected chi connectivity index (χ4v) is 4.12. The molecule has 0 aliphatic carbocycles. The molecule has 0 saturated carbocycles. The van der Waals surface area contributed by atoms with Crippen molar-refractivity contribution >= 4 is 21.6 Å². The maximum absolute atomic E-state index is 12.7. The molecule has 0 atom stereocenters. The van der Waals surface area contributed by atoms with Crippen LogP contribution in [0.3, 0.4) is 0 Å². The molecule has 0 amide bonds. The third-order valence-electron chi connectivity index (χ3n) is 3.28. The molecule has 0 unspecified atom stereocenters. The Labute approximate surface area is 121 Å². The normalized spacial score (nSPS) is 12.1. The summed E-state index contributed by atoms with van der Waals surface area (Å²) < 4.78 is 26.9. The van der Waals surface area contributed by atoms with Gasteiger partial charge in [0.25, 0.3) is 0 Å². The molecule has 1 aromatic carbocycles. The Balaban J connectivity index is 3.38. The number of hydrogen-bond donors (Lipinski definition) is 0. The third-order valence-corrected chi connectivity index (χ3v) is 5.69. The second kappa shape index (κ2) is 6.73. The van der Waals surface area contributed by atoms with Crippen LogP contribution in [0.5, 0.6) is 0 Å². The Bertz CT molecular complexity index is 541. The molecular formula is C14H22ClNO2S. The predicted molar refractivity (Wildman–Crippen MR) is 80.2 cm³/mol. The molecule has 0 bridgehead atoms. The van der Waals surface area contributed by atoms with Crippen LogP contribution in [-0.2, 0) is 15.9 Å². The van der Waals surface area contributed by atoms with Gasteiger partial charge in [-0.15, -0.1) is 11.6 Å². The molecular weight excluding hydrogens is 282 g/mol. The highest BCUT2D eigenvalue weighted by Crippen LogP contribution is 2.25. The number of halogens is 1. The first-order chi connectivity index (χ1) is 8.88. The zero-order valence-corrected chi connectivity index (χ0v) is 13.6. The minimum Gasteiger partial charge on any atom is -0.207 e. The maximum Gasteiger partial charge on any atom is 0.243 e. The maximum atomic E-state index is 12.7. The highest BCUT2D eigenvalue weighted by atomic mass is 35.5. The van der Waals surface area contributed by atoms with Gasteiger partial charge in [-0.2, -0.15) is 4.31 Å². The van der Waals surface area contributed by atoms with E-state index in [0.29, 0.717) is 23.9 Å². The fraction of sp³-hybridized carbons (Fsp3) is 0.571. The highest BCUT2D eigenvalue weighted by Gasteiger charge is 2.25. The zero-order chi connectivity index (χ0) is 14.6. The summed E-state index contributed by atoms with van der Waals surface area (Å²) in [4.78, 5) is 0.387. The summed E-state index contributed by atoms with van der Waals surface area (Å²) >= 11 is 5.84. The fourth-order valence-electron chi connectivity index (χ4n) is 2.08. The van der Waals surface area contributed by atoms with Crippen LogP contribution in [0.1, 0.15) is 37.0 Å². The molecule has 3 nitrogen and oxygen atoms in total. The lowest BCUT2D eigenvalue weighted by atomic mass is 10.1. The van der Waals surface area contributed by atoms with Crippen molar-refractivity contribution in [2.45, 2.75) is 44.9 Å². The number of benzene rings is 1. The van der Waals surface area contributed by atoms with Crippen molar-refractivity contribution in [3.63, 3.8) is 0 Å². The predicted octanol–water partition coefficient (Wildman–Crippen LogP) is 3.46. The first-order valence-corrected chi connectivity index (χ1v) is 8.52. The van der Waals surface area contributed by atoms with Crippen LogP contribution < -0.4 is 0 Å². The number of sulfonamides is 1. The van der Waals surface area contributed by atoms with E-state index in [1.54, 1.807) is 6.07 Å². The van der Waals surface area contributed by atoms with Crippen molar-refractivity contribution < 1.29 is 8.42 Å². The summed E-state index contributed by atoms with van der Waals surface area (Å²) in [5.74, 6) is 0.323. The number of hydrogen-bond acceptors (Lipinski definition) is 2. The lowest BCUT2D eigenvalue weighted by Crippen LogP contribution is -2.32. The number of alkyl halides is 1. The lowest BCUT2D eigenvalue weighted by Gasteiger charge is -2.22. The first-order valence-electron chi connectivity index (χ1n) is 6.54. The van der Waals surface area contributed by atoms with E-state index in [1.807, 2.05) is 33.8 Å². The molecule has 0 saturated heterocycles. The average Bonchev–Trinajstić information content (AvgIpc) is 2.38. The summed E-state index contributed by atoms with van der Waals surface area (Å²) in [6.07, 6.45) is 0.806. The van der Waals surface area contributed by atoms with Crippen LogP contribution in [-0.4, -0.2) is 25.8 Å². The van der Waals surface area contributed by atoms with Crippen molar-refractivity contribution in [2.75, 3.05) is 13.1 Å². The second-order valence-electron chi connectivity index (χ2n) is 4.67. The Morgan fingerprint density at radius 1 is 1.21 bits per heavy atom. The summed E-state index contributed by atoms with van der Waals surface area (Å²) in [6.45, 7) is 8.63. The van der Waals surface area contributed by atoms with Gasteiger partial charge >= 0.3 is 0 Å². The average molecular weight is 304 g/mol. The summed E-state index contributed by atoms with van der Waals surface area (Å²) in [5.41, 5.74) is 2.61. The summed E-state index contributed by atoms with van der Waals surface area (Å²) in [7, 11) is -3.42. The minimum atomic E-state index is -3.42. The molecule has 0 heterocycles. The Hall–Kier alpha value is -0.580. The lowest BCUT2D eigenvalue weighted by molar-refractivity contribution is 0.426. The van der Waals surface area contributed by atoms with E-state index in [-0.39, 0.29) is 0 Å². The van der Waals surface area contributed by atoms with Gasteiger partial charge in [0, 0.05) is 19.0 Å².